The Morgan fingerprint density at radius 3 is 2.41 bits per heavy atom. The van der Waals surface area contributed by atoms with Gasteiger partial charge in [0.15, 0.2) is 0 Å². The molecule has 3 aliphatic heterocycles. The molecular formula is C40H54N3O6+. The zero-order valence-electron chi connectivity index (χ0n) is 28.8. The summed E-state index contributed by atoms with van der Waals surface area (Å²) in [6, 6.07) is 23.3. The summed E-state index contributed by atoms with van der Waals surface area (Å²) >= 11 is 0. The second-order valence-electron chi connectivity index (χ2n) is 14.6. The summed E-state index contributed by atoms with van der Waals surface area (Å²) < 4.78 is 14.0. The highest BCUT2D eigenvalue weighted by molar-refractivity contribution is 5.75. The number of amides is 1. The Balaban J connectivity index is 0.949. The van der Waals surface area contributed by atoms with E-state index >= 15 is 0 Å². The molecule has 4 aliphatic rings. The molecule has 0 aromatic heterocycles. The summed E-state index contributed by atoms with van der Waals surface area (Å²) in [6.07, 6.45) is 6.74. The molecule has 0 spiro atoms. The fraction of sp³-hybridized carbons (Fsp3) is 0.525. The van der Waals surface area contributed by atoms with Gasteiger partial charge in [-0.05, 0) is 60.1 Å². The van der Waals surface area contributed by atoms with E-state index in [1.807, 2.05) is 18.2 Å². The number of aromatic hydroxyl groups is 1. The highest BCUT2D eigenvalue weighted by Gasteiger charge is 2.48. The van der Waals surface area contributed by atoms with Gasteiger partial charge >= 0.3 is 0 Å². The summed E-state index contributed by atoms with van der Waals surface area (Å²) in [7, 11) is 0. The third-order valence-electron chi connectivity index (χ3n) is 11.6. The average molecular weight is 673 g/mol. The summed E-state index contributed by atoms with van der Waals surface area (Å²) in [5.41, 5.74) is 3.18. The molecule has 1 aliphatic carbocycles. The number of ether oxygens (including phenoxy) is 2. The predicted molar refractivity (Wildman–Crippen MR) is 190 cm³/mol. The number of hydrogen-bond acceptors (Lipinski definition) is 7. The second kappa shape index (κ2) is 16.1. The molecule has 1 saturated carbocycles. The van der Waals surface area contributed by atoms with Crippen LogP contribution in [0.5, 0.6) is 5.75 Å². The largest absolute Gasteiger partial charge is 0.506 e. The van der Waals surface area contributed by atoms with Gasteiger partial charge in [-0.25, -0.2) is 0 Å². The maximum Gasteiger partial charge on any atom is 0.211 e. The summed E-state index contributed by atoms with van der Waals surface area (Å²) in [5, 5.41) is 38.4. The number of phenolic OH excluding ortho intramolecular Hbond substituents is 1. The molecule has 3 heterocycles. The molecule has 9 nitrogen and oxygen atoms in total. The number of quaternary nitrogens is 1. The Morgan fingerprint density at radius 2 is 1.69 bits per heavy atom. The minimum absolute atomic E-state index is 0.0177. The minimum atomic E-state index is -0.920. The fourth-order valence-corrected chi connectivity index (χ4v) is 8.34. The first-order valence-corrected chi connectivity index (χ1v) is 18.1. The van der Waals surface area contributed by atoms with Gasteiger partial charge in [0.2, 0.25) is 6.41 Å². The smallest absolute Gasteiger partial charge is 0.211 e. The Morgan fingerprint density at radius 1 is 0.980 bits per heavy atom. The number of rotatable bonds is 17. The van der Waals surface area contributed by atoms with Crippen molar-refractivity contribution in [3.63, 3.8) is 0 Å². The van der Waals surface area contributed by atoms with Crippen LogP contribution < -0.4 is 10.6 Å². The number of aliphatic hydroxyl groups excluding tert-OH is 1. The molecule has 1 amide bonds. The molecule has 7 rings (SSSR count). The Hall–Kier alpha value is -3.31. The van der Waals surface area contributed by atoms with Crippen LogP contribution in [0.15, 0.2) is 72.8 Å². The molecular weight excluding hydrogens is 618 g/mol. The van der Waals surface area contributed by atoms with Crippen molar-refractivity contribution in [1.82, 2.24) is 5.32 Å². The SMILES string of the molecule is C[C@@H](NC[C@H](O)c1ccc(O)c(NC=O)c1)c1ccc(COCC[N+]23CCC(CC2)[C@@H](OCC(O)(c2ccccc2)C2CCCC2)C3)cc1. The normalized spacial score (nSPS) is 24.7. The number of carbonyl (C=O) groups excluding carboxylic acids is 1. The van der Waals surface area contributed by atoms with Gasteiger partial charge in [-0.1, -0.05) is 73.5 Å². The van der Waals surface area contributed by atoms with Crippen molar-refractivity contribution in [1.29, 1.82) is 0 Å². The first-order valence-electron chi connectivity index (χ1n) is 18.1. The first kappa shape index (κ1) is 35.5. The van der Waals surface area contributed by atoms with Crippen LogP contribution in [0.3, 0.4) is 0 Å². The van der Waals surface area contributed by atoms with E-state index in [4.69, 9.17) is 9.47 Å². The van der Waals surface area contributed by atoms with Gasteiger partial charge in [-0.15, -0.1) is 0 Å². The van der Waals surface area contributed by atoms with Crippen molar-refractivity contribution < 1.29 is 34.1 Å². The second-order valence-corrected chi connectivity index (χ2v) is 14.6. The van der Waals surface area contributed by atoms with E-state index in [2.05, 4.69) is 54.0 Å². The standard InChI is InChI=1S/C40H53N3O6/c1-29(41-24-38(46)33-15-16-37(45)36(23-33)42-28-44)31-13-11-30(12-14-31)26-48-22-21-43-19-17-32(18-20-43)39(25-43)49-27-40(47,35-9-5-6-10-35)34-7-3-2-4-8-34/h2-4,7-8,11-16,23,28-29,32,35,38-39,41,46-47H,5-6,9-10,17-22,24-27H2,1H3,(H-,42,44,45)/p+1/t29-,32?,38+,39+,40?,43?/m1/s1. The van der Waals surface area contributed by atoms with E-state index in [-0.39, 0.29) is 29.5 Å². The number of benzene rings is 3. The maximum atomic E-state index is 12.0. The lowest BCUT2D eigenvalue weighted by atomic mass is 9.80. The number of piperidine rings is 3. The number of fused-ring (bicyclic) bond motifs is 3. The van der Waals surface area contributed by atoms with Crippen LogP contribution in [0.4, 0.5) is 5.69 Å². The van der Waals surface area contributed by atoms with Crippen LogP contribution in [0, 0.1) is 11.8 Å². The van der Waals surface area contributed by atoms with Gasteiger partial charge < -0.3 is 39.9 Å². The van der Waals surface area contributed by atoms with Gasteiger partial charge in [0, 0.05) is 31.3 Å². The molecule has 3 aromatic carbocycles. The van der Waals surface area contributed by atoms with Crippen LogP contribution in [0.2, 0.25) is 0 Å². The number of carbonyl (C=O) groups is 1. The number of nitrogens with one attached hydrogen (secondary N) is 2. The van der Waals surface area contributed by atoms with Crippen LogP contribution in [0.1, 0.15) is 79.8 Å². The number of nitrogens with zero attached hydrogens (tertiary/aromatic N) is 1. The van der Waals surface area contributed by atoms with E-state index in [1.54, 1.807) is 12.1 Å². The van der Waals surface area contributed by atoms with Crippen molar-refractivity contribution in [3.05, 3.63) is 95.1 Å². The van der Waals surface area contributed by atoms with Crippen LogP contribution in [-0.2, 0) is 26.5 Å². The molecule has 4 atom stereocenters. The van der Waals surface area contributed by atoms with E-state index in [0.717, 1.165) is 47.1 Å². The highest BCUT2D eigenvalue weighted by Crippen LogP contribution is 2.42. The van der Waals surface area contributed by atoms with E-state index < -0.39 is 11.7 Å². The number of hydrogen-bond donors (Lipinski definition) is 5. The van der Waals surface area contributed by atoms with Gasteiger partial charge in [0.1, 0.15) is 30.5 Å². The molecule has 2 bridgehead atoms. The molecule has 1 unspecified atom stereocenters. The van der Waals surface area contributed by atoms with Crippen molar-refractivity contribution >= 4 is 12.1 Å². The zero-order valence-corrected chi connectivity index (χ0v) is 28.8. The minimum Gasteiger partial charge on any atom is -0.506 e. The number of phenols is 1. The van der Waals surface area contributed by atoms with Gasteiger partial charge in [-0.2, -0.15) is 0 Å². The van der Waals surface area contributed by atoms with E-state index in [1.165, 1.54) is 44.8 Å². The zero-order chi connectivity index (χ0) is 34.3. The van der Waals surface area contributed by atoms with Crippen LogP contribution in [-0.4, -0.2) is 78.3 Å². The Kier molecular flexibility index (Phi) is 11.7. The lowest BCUT2D eigenvalue weighted by Gasteiger charge is -2.52. The molecule has 9 heteroatoms. The van der Waals surface area contributed by atoms with Crippen LogP contribution in [0.25, 0.3) is 0 Å². The molecule has 264 valence electrons. The Bertz CT molecular complexity index is 1490. The molecule has 3 saturated heterocycles. The predicted octanol–water partition coefficient (Wildman–Crippen LogP) is 5.56. The van der Waals surface area contributed by atoms with Gasteiger partial charge in [0.25, 0.3) is 0 Å². The first-order chi connectivity index (χ1) is 23.8. The summed E-state index contributed by atoms with van der Waals surface area (Å²) in [4.78, 5) is 10.8. The van der Waals surface area contributed by atoms with Crippen LogP contribution >= 0.6 is 0 Å². The molecule has 5 N–H and O–H groups in total. The molecule has 0 radical (unpaired) electrons. The van der Waals surface area contributed by atoms with Crippen molar-refractivity contribution in [2.24, 2.45) is 11.8 Å². The monoisotopic (exact) mass is 672 g/mol. The van der Waals surface area contributed by atoms with Gasteiger partial charge in [0.05, 0.1) is 44.7 Å². The van der Waals surface area contributed by atoms with Crippen molar-refractivity contribution in [3.8, 4) is 5.75 Å². The third kappa shape index (κ3) is 8.53. The number of anilines is 1. The lowest BCUT2D eigenvalue weighted by Crippen LogP contribution is -2.65. The molecule has 49 heavy (non-hydrogen) atoms. The average Bonchev–Trinajstić information content (AvgIpc) is 3.70. The van der Waals surface area contributed by atoms with E-state index in [9.17, 15) is 20.1 Å². The summed E-state index contributed by atoms with van der Waals surface area (Å²) in [5.74, 6) is 0.790. The topological polar surface area (TPSA) is 120 Å². The Labute approximate surface area is 290 Å². The van der Waals surface area contributed by atoms with Crippen molar-refractivity contribution in [2.75, 3.05) is 51.3 Å². The molecule has 3 aromatic rings. The van der Waals surface area contributed by atoms with Gasteiger partial charge in [-0.3, -0.25) is 4.79 Å². The van der Waals surface area contributed by atoms with E-state index in [0.29, 0.717) is 44.3 Å². The lowest BCUT2D eigenvalue weighted by molar-refractivity contribution is -0.946. The van der Waals surface area contributed by atoms with Crippen molar-refractivity contribution in [2.45, 2.75) is 75.9 Å². The highest BCUT2D eigenvalue weighted by atomic mass is 16.5. The number of aliphatic hydroxyl groups is 2. The maximum absolute atomic E-state index is 12.0. The quantitative estimate of drug-likeness (QED) is 0.0551. The fourth-order valence-electron chi connectivity index (χ4n) is 8.34. The third-order valence-corrected chi connectivity index (χ3v) is 11.6. The summed E-state index contributed by atoms with van der Waals surface area (Å²) in [6.45, 7) is 8.35. The molecule has 4 fully saturated rings.